The number of halogens is 3. The molecule has 0 aliphatic rings. The van der Waals surface area contributed by atoms with Gasteiger partial charge in [-0.2, -0.15) is 8.78 Å². The van der Waals surface area contributed by atoms with E-state index in [4.69, 9.17) is 5.73 Å². The van der Waals surface area contributed by atoms with Gasteiger partial charge in [0.05, 0.1) is 5.56 Å². The fourth-order valence-corrected chi connectivity index (χ4v) is 1.59. The Morgan fingerprint density at radius 2 is 1.57 bits per heavy atom. The Morgan fingerprint density at radius 1 is 1.00 bits per heavy atom. The first-order valence-electron chi connectivity index (χ1n) is 6.31. The highest BCUT2D eigenvalue weighted by atomic mass is 19.3. The van der Waals surface area contributed by atoms with Crippen LogP contribution in [0.15, 0.2) is 53.7 Å². The Balaban J connectivity index is 2.01. The summed E-state index contributed by atoms with van der Waals surface area (Å²) < 4.78 is 40.9. The molecule has 0 atom stereocenters. The van der Waals surface area contributed by atoms with Crippen LogP contribution in [0.1, 0.15) is 15.9 Å². The van der Waals surface area contributed by atoms with Crippen molar-refractivity contribution in [3.05, 3.63) is 65.5 Å². The molecule has 23 heavy (non-hydrogen) atoms. The lowest BCUT2D eigenvalue weighted by Gasteiger charge is -2.05. The minimum atomic E-state index is -2.95. The molecule has 0 saturated heterocycles. The molecule has 120 valence electrons. The van der Waals surface area contributed by atoms with Crippen molar-refractivity contribution in [1.82, 2.24) is 0 Å². The van der Waals surface area contributed by atoms with Crippen molar-refractivity contribution in [2.45, 2.75) is 6.61 Å². The normalized spacial score (nSPS) is 11.4. The molecule has 2 aromatic rings. The lowest BCUT2D eigenvalue weighted by atomic mass is 10.2. The van der Waals surface area contributed by atoms with Crippen LogP contribution in [0.5, 0.6) is 5.75 Å². The number of alkyl halides is 2. The standard InChI is InChI=1S/C15H11F3N2O3/c16-11-5-1-9(2-6-11)13(19)20-23-14(21)10-3-7-12(8-4-10)22-15(17)18/h1-8,15H,(H2,19,20). The molecular formula is C15H11F3N2O3. The Morgan fingerprint density at radius 3 is 2.13 bits per heavy atom. The number of nitrogens with two attached hydrogens (primary N) is 1. The quantitative estimate of drug-likeness (QED) is 0.397. The summed E-state index contributed by atoms with van der Waals surface area (Å²) in [7, 11) is 0. The van der Waals surface area contributed by atoms with Crippen LogP contribution in [0.2, 0.25) is 0 Å². The average Bonchev–Trinajstić information content (AvgIpc) is 2.53. The van der Waals surface area contributed by atoms with Gasteiger partial charge in [-0.25, -0.2) is 9.18 Å². The first kappa shape index (κ1) is 16.3. The Labute approximate surface area is 129 Å². The average molecular weight is 324 g/mol. The van der Waals surface area contributed by atoms with Gasteiger partial charge in [-0.05, 0) is 48.5 Å². The molecule has 0 radical (unpaired) electrons. The van der Waals surface area contributed by atoms with Crippen LogP contribution in [0.3, 0.4) is 0 Å². The monoisotopic (exact) mass is 324 g/mol. The highest BCUT2D eigenvalue weighted by Gasteiger charge is 2.10. The second kappa shape index (κ2) is 7.30. The SMILES string of the molecule is N/C(=N\OC(=O)c1ccc(OC(F)F)cc1)c1ccc(F)cc1. The zero-order chi connectivity index (χ0) is 16.8. The molecule has 8 heteroatoms. The summed E-state index contributed by atoms with van der Waals surface area (Å²) in [4.78, 5) is 16.4. The van der Waals surface area contributed by atoms with Gasteiger partial charge in [-0.1, -0.05) is 5.16 Å². The number of oxime groups is 1. The summed E-state index contributed by atoms with van der Waals surface area (Å²) in [5.74, 6) is -1.48. The summed E-state index contributed by atoms with van der Waals surface area (Å²) in [6.07, 6.45) is 0. The van der Waals surface area contributed by atoms with E-state index in [1.165, 1.54) is 48.5 Å². The van der Waals surface area contributed by atoms with Crippen molar-refractivity contribution >= 4 is 11.8 Å². The molecule has 5 nitrogen and oxygen atoms in total. The Kier molecular flexibility index (Phi) is 5.19. The van der Waals surface area contributed by atoms with E-state index in [9.17, 15) is 18.0 Å². The Hall–Kier alpha value is -3.03. The van der Waals surface area contributed by atoms with E-state index >= 15 is 0 Å². The third-order valence-electron chi connectivity index (χ3n) is 2.68. The molecule has 0 aliphatic carbocycles. The van der Waals surface area contributed by atoms with Crippen LogP contribution in [0.25, 0.3) is 0 Å². The molecular weight excluding hydrogens is 313 g/mol. The van der Waals surface area contributed by atoms with Crippen molar-refractivity contribution in [3.8, 4) is 5.75 Å². The third kappa shape index (κ3) is 4.73. The minimum Gasteiger partial charge on any atom is -0.435 e. The van der Waals surface area contributed by atoms with Crippen molar-refractivity contribution in [2.24, 2.45) is 10.9 Å². The molecule has 0 aliphatic heterocycles. The second-order valence-electron chi connectivity index (χ2n) is 4.27. The van der Waals surface area contributed by atoms with E-state index in [0.29, 0.717) is 5.56 Å². The molecule has 0 saturated carbocycles. The first-order chi connectivity index (χ1) is 11.0. The maximum atomic E-state index is 12.8. The summed E-state index contributed by atoms with van der Waals surface area (Å²) in [6.45, 7) is -2.95. The summed E-state index contributed by atoms with van der Waals surface area (Å²) in [6, 6.07) is 9.97. The van der Waals surface area contributed by atoms with Gasteiger partial charge in [0.25, 0.3) is 0 Å². The number of nitrogens with zero attached hydrogens (tertiary/aromatic N) is 1. The third-order valence-corrected chi connectivity index (χ3v) is 2.68. The van der Waals surface area contributed by atoms with E-state index in [1.807, 2.05) is 0 Å². The molecule has 0 unspecified atom stereocenters. The second-order valence-corrected chi connectivity index (χ2v) is 4.27. The van der Waals surface area contributed by atoms with Gasteiger partial charge in [0.1, 0.15) is 11.6 Å². The maximum absolute atomic E-state index is 12.8. The lowest BCUT2D eigenvalue weighted by Crippen LogP contribution is -2.15. The Bertz CT molecular complexity index is 701. The van der Waals surface area contributed by atoms with Crippen molar-refractivity contribution in [2.75, 3.05) is 0 Å². The molecule has 2 aromatic carbocycles. The van der Waals surface area contributed by atoms with E-state index < -0.39 is 18.4 Å². The van der Waals surface area contributed by atoms with Crippen LogP contribution in [0.4, 0.5) is 13.2 Å². The molecule has 2 rings (SSSR count). The van der Waals surface area contributed by atoms with Gasteiger partial charge < -0.3 is 15.3 Å². The van der Waals surface area contributed by atoms with Crippen LogP contribution in [0, 0.1) is 5.82 Å². The zero-order valence-electron chi connectivity index (χ0n) is 11.6. The van der Waals surface area contributed by atoms with Gasteiger partial charge in [0.15, 0.2) is 5.84 Å². The molecule has 0 heterocycles. The van der Waals surface area contributed by atoms with Gasteiger partial charge >= 0.3 is 12.6 Å². The topological polar surface area (TPSA) is 73.9 Å². The number of hydrogen-bond donors (Lipinski definition) is 1. The fraction of sp³-hybridized carbons (Fsp3) is 0.0667. The molecule has 0 aromatic heterocycles. The number of rotatable bonds is 5. The van der Waals surface area contributed by atoms with Gasteiger partial charge in [-0.15, -0.1) is 0 Å². The molecule has 0 fully saturated rings. The fourth-order valence-electron chi connectivity index (χ4n) is 1.59. The molecule has 0 spiro atoms. The highest BCUT2D eigenvalue weighted by molar-refractivity contribution is 5.98. The van der Waals surface area contributed by atoms with Gasteiger partial charge in [-0.3, -0.25) is 0 Å². The molecule has 0 amide bonds. The van der Waals surface area contributed by atoms with Gasteiger partial charge in [0.2, 0.25) is 0 Å². The zero-order valence-corrected chi connectivity index (χ0v) is 11.6. The summed E-state index contributed by atoms with van der Waals surface area (Å²) in [5, 5.41) is 3.44. The number of amidine groups is 1. The number of hydrogen-bond acceptors (Lipinski definition) is 4. The van der Waals surface area contributed by atoms with Gasteiger partial charge in [0, 0.05) is 5.56 Å². The van der Waals surface area contributed by atoms with E-state index in [0.717, 1.165) is 0 Å². The van der Waals surface area contributed by atoms with Crippen molar-refractivity contribution < 1.29 is 27.5 Å². The van der Waals surface area contributed by atoms with Crippen molar-refractivity contribution in [3.63, 3.8) is 0 Å². The van der Waals surface area contributed by atoms with E-state index in [1.54, 1.807) is 0 Å². The van der Waals surface area contributed by atoms with Crippen LogP contribution < -0.4 is 10.5 Å². The summed E-state index contributed by atoms with van der Waals surface area (Å²) >= 11 is 0. The number of ether oxygens (including phenoxy) is 1. The van der Waals surface area contributed by atoms with Crippen molar-refractivity contribution in [1.29, 1.82) is 0 Å². The number of carbonyl (C=O) groups is 1. The lowest BCUT2D eigenvalue weighted by molar-refractivity contribution is -0.0498. The minimum absolute atomic E-state index is 0.0715. The first-order valence-corrected chi connectivity index (χ1v) is 6.31. The summed E-state index contributed by atoms with van der Waals surface area (Å²) in [5.41, 5.74) is 6.04. The van der Waals surface area contributed by atoms with Crippen LogP contribution >= 0.6 is 0 Å². The predicted octanol–water partition coefficient (Wildman–Crippen LogP) is 2.90. The van der Waals surface area contributed by atoms with E-state index in [-0.39, 0.29) is 17.1 Å². The predicted molar refractivity (Wildman–Crippen MR) is 75.6 cm³/mol. The van der Waals surface area contributed by atoms with Crippen LogP contribution in [-0.2, 0) is 4.84 Å². The molecule has 2 N–H and O–H groups in total. The number of carbonyl (C=O) groups excluding carboxylic acids is 1. The maximum Gasteiger partial charge on any atom is 0.387 e. The molecule has 0 bridgehead atoms. The largest absolute Gasteiger partial charge is 0.435 e. The van der Waals surface area contributed by atoms with E-state index in [2.05, 4.69) is 14.7 Å². The number of benzene rings is 2. The smallest absolute Gasteiger partial charge is 0.387 e. The highest BCUT2D eigenvalue weighted by Crippen LogP contribution is 2.15. The van der Waals surface area contributed by atoms with Crippen LogP contribution in [-0.4, -0.2) is 18.4 Å².